The van der Waals surface area contributed by atoms with E-state index in [1.807, 2.05) is 25.2 Å². The molecule has 0 aliphatic carbocycles. The third-order valence-electron chi connectivity index (χ3n) is 5.76. The normalized spacial score (nSPS) is 16.5. The van der Waals surface area contributed by atoms with E-state index in [1.165, 1.54) is 0 Å². The van der Waals surface area contributed by atoms with Gasteiger partial charge >= 0.3 is 0 Å². The lowest BCUT2D eigenvalue weighted by Gasteiger charge is -2.40. The average Bonchev–Trinajstić information content (AvgIpc) is 2.73. The van der Waals surface area contributed by atoms with Crippen LogP contribution in [0.1, 0.15) is 29.8 Å². The van der Waals surface area contributed by atoms with Gasteiger partial charge in [-0.25, -0.2) is 0 Å². The molecule has 1 fully saturated rings. The van der Waals surface area contributed by atoms with Gasteiger partial charge in [0.05, 0.1) is 0 Å². The molecule has 1 aromatic carbocycles. The van der Waals surface area contributed by atoms with Gasteiger partial charge in [0, 0.05) is 72.0 Å². The number of aliphatic imine (C=N–C) groups is 1. The summed E-state index contributed by atoms with van der Waals surface area (Å²) in [6.07, 6.45) is 0.835. The van der Waals surface area contributed by atoms with Crippen molar-refractivity contribution < 1.29 is 4.79 Å². The van der Waals surface area contributed by atoms with Crippen molar-refractivity contribution in [2.24, 2.45) is 10.9 Å². The number of hydrogen-bond donors (Lipinski definition) is 2. The smallest absolute Gasteiger partial charge is 0.253 e. The Balaban J connectivity index is 0.00000480. The molecule has 1 unspecified atom stereocenters. The number of piperazine rings is 1. The molecule has 1 saturated heterocycles. The van der Waals surface area contributed by atoms with E-state index in [4.69, 9.17) is 0 Å². The maximum atomic E-state index is 12.2. The molecule has 1 amide bonds. The van der Waals surface area contributed by atoms with E-state index < -0.39 is 0 Å². The number of nitrogens with zero attached hydrogens (tertiary/aromatic N) is 4. The fourth-order valence-corrected chi connectivity index (χ4v) is 3.81. The van der Waals surface area contributed by atoms with Gasteiger partial charge in [-0.3, -0.25) is 14.7 Å². The molecule has 7 nitrogen and oxygen atoms in total. The van der Waals surface area contributed by atoms with Gasteiger partial charge < -0.3 is 20.4 Å². The van der Waals surface area contributed by atoms with E-state index in [1.54, 1.807) is 19.0 Å². The molecule has 1 aliphatic heterocycles. The number of nitrogens with one attached hydrogen (secondary N) is 2. The van der Waals surface area contributed by atoms with Crippen molar-refractivity contribution in [3.63, 3.8) is 0 Å². The second kappa shape index (κ2) is 13.9. The minimum atomic E-state index is 0. The van der Waals surface area contributed by atoms with Crippen LogP contribution in [0.5, 0.6) is 0 Å². The van der Waals surface area contributed by atoms with E-state index in [2.05, 4.69) is 52.4 Å². The van der Waals surface area contributed by atoms with Gasteiger partial charge in [0.15, 0.2) is 5.96 Å². The van der Waals surface area contributed by atoms with Crippen molar-refractivity contribution in [1.29, 1.82) is 0 Å². The molecule has 1 atom stereocenters. The summed E-state index contributed by atoms with van der Waals surface area (Å²) >= 11 is 0. The van der Waals surface area contributed by atoms with E-state index in [0.29, 0.717) is 12.0 Å². The fraction of sp³-hybridized carbons (Fsp3) is 0.652. The molecular weight excluding hydrogens is 503 g/mol. The van der Waals surface area contributed by atoms with Gasteiger partial charge in [0.2, 0.25) is 0 Å². The summed E-state index contributed by atoms with van der Waals surface area (Å²) in [5, 5.41) is 6.92. The van der Waals surface area contributed by atoms with Crippen molar-refractivity contribution in [3.8, 4) is 0 Å². The molecule has 2 N–H and O–H groups in total. The minimum absolute atomic E-state index is 0. The summed E-state index contributed by atoms with van der Waals surface area (Å²) < 4.78 is 0. The Bertz CT molecular complexity index is 701. The van der Waals surface area contributed by atoms with Gasteiger partial charge in [-0.15, -0.1) is 24.0 Å². The monoisotopic (exact) mass is 544 g/mol. The highest BCUT2D eigenvalue weighted by molar-refractivity contribution is 14.0. The number of carbonyl (C=O) groups excluding carboxylic acids is 1. The minimum Gasteiger partial charge on any atom is -0.356 e. The first-order valence-corrected chi connectivity index (χ1v) is 11.0. The van der Waals surface area contributed by atoms with Crippen LogP contribution >= 0.6 is 24.0 Å². The molecular formula is C23H41IN6O. The van der Waals surface area contributed by atoms with Crippen LogP contribution < -0.4 is 10.6 Å². The molecule has 8 heteroatoms. The molecule has 0 spiro atoms. The average molecular weight is 545 g/mol. The maximum Gasteiger partial charge on any atom is 0.253 e. The number of likely N-dealkylation sites (N-methyl/N-ethyl adjacent to an activating group) is 1. The van der Waals surface area contributed by atoms with Gasteiger partial charge in [-0.05, 0) is 37.1 Å². The summed E-state index contributed by atoms with van der Waals surface area (Å²) in [4.78, 5) is 23.1. The first-order chi connectivity index (χ1) is 14.3. The predicted molar refractivity (Wildman–Crippen MR) is 141 cm³/mol. The van der Waals surface area contributed by atoms with Gasteiger partial charge in [0.25, 0.3) is 5.91 Å². The predicted octanol–water partition coefficient (Wildman–Crippen LogP) is 1.99. The van der Waals surface area contributed by atoms with E-state index in [-0.39, 0.29) is 29.9 Å². The molecule has 0 saturated carbocycles. The zero-order chi connectivity index (χ0) is 22.1. The highest BCUT2D eigenvalue weighted by Gasteiger charge is 2.25. The quantitative estimate of drug-likeness (QED) is 0.298. The number of amides is 1. The molecule has 0 radical (unpaired) electrons. The Morgan fingerprint density at radius 3 is 2.42 bits per heavy atom. The standard InChI is InChI=1S/C23H40N6O.HI/c1-18(2)21(29-14-12-28(6)13-15-29)17-26-23(24-3)25-11-10-19-8-7-9-20(16-19)22(30)27(4)5;/h7-9,16,18,21H,10-15,17H2,1-6H3,(H2,24,25,26);1H. The molecule has 0 aromatic heterocycles. The number of carbonyl (C=O) groups is 1. The third-order valence-corrected chi connectivity index (χ3v) is 5.76. The van der Waals surface area contributed by atoms with E-state index in [0.717, 1.165) is 62.8 Å². The van der Waals surface area contributed by atoms with Crippen LogP contribution in [0.15, 0.2) is 29.3 Å². The van der Waals surface area contributed by atoms with Crippen LogP contribution in [0.2, 0.25) is 0 Å². The van der Waals surface area contributed by atoms with E-state index in [9.17, 15) is 4.79 Å². The first-order valence-electron chi connectivity index (χ1n) is 11.0. The maximum absolute atomic E-state index is 12.2. The summed E-state index contributed by atoms with van der Waals surface area (Å²) in [6.45, 7) is 10.7. The highest BCUT2D eigenvalue weighted by Crippen LogP contribution is 2.13. The summed E-state index contributed by atoms with van der Waals surface area (Å²) in [6, 6.07) is 8.34. The number of halogens is 1. The Morgan fingerprint density at radius 1 is 1.16 bits per heavy atom. The molecule has 176 valence electrons. The summed E-state index contributed by atoms with van der Waals surface area (Å²) in [5.41, 5.74) is 1.87. The highest BCUT2D eigenvalue weighted by atomic mass is 127. The number of guanidine groups is 1. The van der Waals surface area contributed by atoms with Gasteiger partial charge in [-0.1, -0.05) is 26.0 Å². The van der Waals surface area contributed by atoms with E-state index >= 15 is 0 Å². The Kier molecular flexibility index (Phi) is 12.4. The number of benzene rings is 1. The lowest BCUT2D eigenvalue weighted by atomic mass is 10.0. The van der Waals surface area contributed by atoms with Crippen LogP contribution in [0.25, 0.3) is 0 Å². The molecule has 1 aliphatic rings. The van der Waals surface area contributed by atoms with Gasteiger partial charge in [0.1, 0.15) is 0 Å². The van der Waals surface area contributed by atoms with Crippen molar-refractivity contribution >= 4 is 35.8 Å². The second-order valence-electron chi connectivity index (χ2n) is 8.68. The fourth-order valence-electron chi connectivity index (χ4n) is 3.81. The third kappa shape index (κ3) is 8.94. The molecule has 1 heterocycles. The summed E-state index contributed by atoms with van der Waals surface area (Å²) in [7, 11) is 7.56. The number of rotatable bonds is 8. The van der Waals surface area contributed by atoms with Crippen molar-refractivity contribution in [2.45, 2.75) is 26.3 Å². The Morgan fingerprint density at radius 2 is 1.84 bits per heavy atom. The Labute approximate surface area is 205 Å². The lowest BCUT2D eigenvalue weighted by molar-refractivity contribution is 0.0827. The lowest BCUT2D eigenvalue weighted by Crippen LogP contribution is -2.55. The topological polar surface area (TPSA) is 63.2 Å². The van der Waals surface area contributed by atoms with Crippen LogP contribution in [-0.2, 0) is 6.42 Å². The largest absolute Gasteiger partial charge is 0.356 e. The zero-order valence-corrected chi connectivity index (χ0v) is 22.3. The SMILES string of the molecule is CN=C(NCCc1cccc(C(=O)N(C)C)c1)NCC(C(C)C)N1CCN(C)CC1.I. The summed E-state index contributed by atoms with van der Waals surface area (Å²) in [5.74, 6) is 1.44. The second-order valence-corrected chi connectivity index (χ2v) is 8.68. The van der Waals surface area contributed by atoms with Crippen LogP contribution in [0, 0.1) is 5.92 Å². The van der Waals surface area contributed by atoms with Crippen LogP contribution in [0.3, 0.4) is 0 Å². The number of hydrogen-bond acceptors (Lipinski definition) is 4. The van der Waals surface area contributed by atoms with Crippen molar-refractivity contribution in [3.05, 3.63) is 35.4 Å². The zero-order valence-electron chi connectivity index (χ0n) is 20.0. The first kappa shape index (κ1) is 27.6. The van der Waals surface area contributed by atoms with Crippen molar-refractivity contribution in [1.82, 2.24) is 25.3 Å². The molecule has 0 bridgehead atoms. The molecule has 31 heavy (non-hydrogen) atoms. The van der Waals surface area contributed by atoms with Gasteiger partial charge in [-0.2, -0.15) is 0 Å². The molecule has 1 aromatic rings. The van der Waals surface area contributed by atoms with Crippen molar-refractivity contribution in [2.75, 3.05) is 67.5 Å². The van der Waals surface area contributed by atoms with Crippen LogP contribution in [0.4, 0.5) is 0 Å². The molecule has 2 rings (SSSR count). The Hall–Kier alpha value is -1.39. The van der Waals surface area contributed by atoms with Crippen LogP contribution in [-0.4, -0.2) is 100 Å².